The highest BCUT2D eigenvalue weighted by Gasteiger charge is 2.10. The molecule has 0 aliphatic carbocycles. The van der Waals surface area contributed by atoms with E-state index in [0.29, 0.717) is 16.6 Å². The first-order chi connectivity index (χ1) is 11.3. The van der Waals surface area contributed by atoms with Crippen molar-refractivity contribution in [2.75, 3.05) is 5.75 Å². The summed E-state index contributed by atoms with van der Waals surface area (Å²) in [5.74, 6) is 0.434. The molecule has 0 N–H and O–H groups in total. The van der Waals surface area contributed by atoms with E-state index < -0.39 is 0 Å². The van der Waals surface area contributed by atoms with Crippen molar-refractivity contribution in [1.82, 2.24) is 15.1 Å². The van der Waals surface area contributed by atoms with Crippen LogP contribution in [0.1, 0.15) is 5.69 Å². The van der Waals surface area contributed by atoms with E-state index in [1.165, 1.54) is 11.8 Å². The largest absolute Gasteiger partial charge is 0.458 e. The van der Waals surface area contributed by atoms with E-state index in [4.69, 9.17) is 9.26 Å². The number of carbonyl (C=O) groups is 1. The van der Waals surface area contributed by atoms with E-state index in [1.807, 2.05) is 30.3 Å². The third kappa shape index (κ3) is 4.40. The zero-order valence-electron chi connectivity index (χ0n) is 12.1. The van der Waals surface area contributed by atoms with Crippen LogP contribution < -0.4 is 0 Å². The van der Waals surface area contributed by atoms with Gasteiger partial charge in [-0.25, -0.2) is 9.97 Å². The monoisotopic (exact) mass is 327 g/mol. The van der Waals surface area contributed by atoms with Crippen LogP contribution in [0, 0.1) is 0 Å². The van der Waals surface area contributed by atoms with Crippen molar-refractivity contribution in [3.8, 4) is 11.3 Å². The van der Waals surface area contributed by atoms with Crippen molar-refractivity contribution in [1.29, 1.82) is 0 Å². The maximum atomic E-state index is 11.7. The van der Waals surface area contributed by atoms with Crippen LogP contribution >= 0.6 is 11.8 Å². The van der Waals surface area contributed by atoms with Crippen LogP contribution in [0.15, 0.2) is 64.5 Å². The summed E-state index contributed by atoms with van der Waals surface area (Å²) in [5, 5.41) is 4.44. The van der Waals surface area contributed by atoms with Gasteiger partial charge in [-0.05, 0) is 6.07 Å². The van der Waals surface area contributed by atoms with E-state index in [9.17, 15) is 4.79 Å². The van der Waals surface area contributed by atoms with Gasteiger partial charge in [0.25, 0.3) is 0 Å². The molecule has 0 amide bonds. The molecule has 0 atom stereocenters. The minimum Gasteiger partial charge on any atom is -0.458 e. The summed E-state index contributed by atoms with van der Waals surface area (Å²) in [5.41, 5.74) is 1.49. The maximum Gasteiger partial charge on any atom is 0.316 e. The fraction of sp³-hybridized carbons (Fsp3) is 0.125. The molecule has 116 valence electrons. The van der Waals surface area contributed by atoms with Crippen LogP contribution in [0.5, 0.6) is 0 Å². The molecular weight excluding hydrogens is 314 g/mol. The summed E-state index contributed by atoms with van der Waals surface area (Å²) in [6.07, 6.45) is 3.25. The standard InChI is InChI=1S/C16H13N3O3S/c20-15(11-23-16-17-7-4-8-18-16)21-10-13-9-14(22-19-13)12-5-2-1-3-6-12/h1-9H,10-11H2. The summed E-state index contributed by atoms with van der Waals surface area (Å²) in [4.78, 5) is 19.8. The third-order valence-corrected chi connectivity index (χ3v) is 3.71. The quantitative estimate of drug-likeness (QED) is 0.391. The van der Waals surface area contributed by atoms with Gasteiger partial charge in [0.05, 0.1) is 5.75 Å². The normalized spacial score (nSPS) is 10.4. The first-order valence-corrected chi connectivity index (χ1v) is 7.86. The van der Waals surface area contributed by atoms with Gasteiger partial charge in [-0.3, -0.25) is 4.79 Å². The molecule has 3 aromatic rings. The molecule has 0 unspecified atom stereocenters. The molecule has 23 heavy (non-hydrogen) atoms. The smallest absolute Gasteiger partial charge is 0.316 e. The highest BCUT2D eigenvalue weighted by Crippen LogP contribution is 2.20. The summed E-state index contributed by atoms with van der Waals surface area (Å²) >= 11 is 1.23. The molecule has 2 heterocycles. The molecule has 0 saturated carbocycles. The molecule has 0 bridgehead atoms. The van der Waals surface area contributed by atoms with E-state index in [0.717, 1.165) is 5.56 Å². The topological polar surface area (TPSA) is 78.1 Å². The van der Waals surface area contributed by atoms with Gasteiger partial charge in [0.2, 0.25) is 0 Å². The third-order valence-electron chi connectivity index (χ3n) is 2.86. The van der Waals surface area contributed by atoms with Crippen molar-refractivity contribution in [2.24, 2.45) is 0 Å². The van der Waals surface area contributed by atoms with Crippen molar-refractivity contribution in [3.63, 3.8) is 0 Å². The van der Waals surface area contributed by atoms with Crippen molar-refractivity contribution in [3.05, 3.63) is 60.6 Å². The van der Waals surface area contributed by atoms with Gasteiger partial charge in [-0.2, -0.15) is 0 Å². The first-order valence-electron chi connectivity index (χ1n) is 6.88. The van der Waals surface area contributed by atoms with Gasteiger partial charge >= 0.3 is 5.97 Å². The molecule has 3 rings (SSSR count). The maximum absolute atomic E-state index is 11.7. The van der Waals surface area contributed by atoms with Gasteiger partial charge in [0, 0.05) is 24.0 Å². The van der Waals surface area contributed by atoms with Gasteiger partial charge in [0.1, 0.15) is 12.3 Å². The summed E-state index contributed by atoms with van der Waals surface area (Å²) in [6, 6.07) is 13.1. The van der Waals surface area contributed by atoms with E-state index in [-0.39, 0.29) is 18.3 Å². The predicted octanol–water partition coefficient (Wildman–Crippen LogP) is 2.97. The molecule has 0 spiro atoms. The van der Waals surface area contributed by atoms with Gasteiger partial charge < -0.3 is 9.26 Å². The Hall–Kier alpha value is -2.67. The van der Waals surface area contributed by atoms with Crippen LogP contribution in [0.2, 0.25) is 0 Å². The Labute approximate surface area is 136 Å². The summed E-state index contributed by atoms with van der Waals surface area (Å²) < 4.78 is 10.4. The highest BCUT2D eigenvalue weighted by molar-refractivity contribution is 7.99. The second-order valence-electron chi connectivity index (χ2n) is 4.53. The first kappa shape index (κ1) is 15.2. The Bertz CT molecular complexity index is 763. The molecule has 2 aromatic heterocycles. The number of hydrogen-bond donors (Lipinski definition) is 0. The molecule has 0 radical (unpaired) electrons. The molecule has 1 aromatic carbocycles. The molecule has 7 heteroatoms. The fourth-order valence-electron chi connectivity index (χ4n) is 1.80. The number of ether oxygens (including phenoxy) is 1. The van der Waals surface area contributed by atoms with Crippen LogP contribution in [-0.2, 0) is 16.1 Å². The molecule has 0 aliphatic heterocycles. The second-order valence-corrected chi connectivity index (χ2v) is 5.47. The lowest BCUT2D eigenvalue weighted by molar-refractivity contribution is -0.141. The van der Waals surface area contributed by atoms with Crippen molar-refractivity contribution < 1.29 is 14.1 Å². The van der Waals surface area contributed by atoms with E-state index in [2.05, 4.69) is 15.1 Å². The summed E-state index contributed by atoms with van der Waals surface area (Å²) in [7, 11) is 0. The van der Waals surface area contributed by atoms with Crippen molar-refractivity contribution in [2.45, 2.75) is 11.8 Å². The highest BCUT2D eigenvalue weighted by atomic mass is 32.2. The molecule has 0 fully saturated rings. The van der Waals surface area contributed by atoms with Crippen molar-refractivity contribution >= 4 is 17.7 Å². The van der Waals surface area contributed by atoms with E-state index in [1.54, 1.807) is 24.5 Å². The average molecular weight is 327 g/mol. The zero-order valence-corrected chi connectivity index (χ0v) is 12.9. The lowest BCUT2D eigenvalue weighted by Crippen LogP contribution is -2.07. The second kappa shape index (κ2) is 7.55. The lowest BCUT2D eigenvalue weighted by atomic mass is 10.2. The molecular formula is C16H13N3O3S. The Balaban J connectivity index is 1.49. The number of thioether (sulfide) groups is 1. The number of rotatable bonds is 6. The van der Waals surface area contributed by atoms with Crippen LogP contribution in [-0.4, -0.2) is 26.8 Å². The minimum absolute atomic E-state index is 0.0748. The molecule has 0 saturated heterocycles. The number of esters is 1. The number of benzene rings is 1. The lowest BCUT2D eigenvalue weighted by Gasteiger charge is -2.01. The Morgan fingerprint density at radius 3 is 2.70 bits per heavy atom. The number of nitrogens with zero attached hydrogens (tertiary/aromatic N) is 3. The van der Waals surface area contributed by atoms with Crippen LogP contribution in [0.3, 0.4) is 0 Å². The van der Waals surface area contributed by atoms with Gasteiger partial charge in [0.15, 0.2) is 10.9 Å². The number of hydrogen-bond acceptors (Lipinski definition) is 7. The average Bonchev–Trinajstić information content (AvgIpc) is 3.09. The molecule has 6 nitrogen and oxygen atoms in total. The van der Waals surface area contributed by atoms with Gasteiger partial charge in [-0.1, -0.05) is 47.3 Å². The number of aromatic nitrogens is 3. The molecule has 0 aliphatic rings. The predicted molar refractivity (Wildman–Crippen MR) is 84.5 cm³/mol. The van der Waals surface area contributed by atoms with E-state index >= 15 is 0 Å². The minimum atomic E-state index is -0.355. The number of carbonyl (C=O) groups excluding carboxylic acids is 1. The van der Waals surface area contributed by atoms with Crippen LogP contribution in [0.25, 0.3) is 11.3 Å². The Kier molecular flexibility index (Phi) is 5.00. The van der Waals surface area contributed by atoms with Gasteiger partial charge in [-0.15, -0.1) is 0 Å². The van der Waals surface area contributed by atoms with Crippen LogP contribution in [0.4, 0.5) is 0 Å². The fourth-order valence-corrected chi connectivity index (χ4v) is 2.40. The Morgan fingerprint density at radius 1 is 1.13 bits per heavy atom. The Morgan fingerprint density at radius 2 is 1.91 bits per heavy atom. The summed E-state index contributed by atoms with van der Waals surface area (Å²) in [6.45, 7) is 0.0748. The SMILES string of the molecule is O=C(CSc1ncccn1)OCc1cc(-c2ccccc2)on1. The zero-order chi connectivity index (χ0) is 15.9.